The molecule has 1 atom stereocenters. The second-order valence-electron chi connectivity index (χ2n) is 5.01. The number of phenolic OH excluding ortho intramolecular Hbond substituents is 1. The van der Waals surface area contributed by atoms with Crippen molar-refractivity contribution in [2.45, 2.75) is 39.3 Å². The summed E-state index contributed by atoms with van der Waals surface area (Å²) in [5.41, 5.74) is 2.44. The van der Waals surface area contributed by atoms with Crippen LogP contribution in [0.15, 0.2) is 41.0 Å². The zero-order valence-electron chi connectivity index (χ0n) is 11.5. The highest BCUT2D eigenvalue weighted by atomic mass is 16.3. The lowest BCUT2D eigenvalue weighted by Gasteiger charge is -2.13. The molecule has 3 nitrogen and oxygen atoms in total. The predicted octanol–water partition coefficient (Wildman–Crippen LogP) is 3.40. The largest absolute Gasteiger partial charge is 0.508 e. The third-order valence-electron chi connectivity index (χ3n) is 3.38. The number of rotatable bonds is 6. The summed E-state index contributed by atoms with van der Waals surface area (Å²) in [5, 5.41) is 12.7. The molecule has 2 rings (SSSR count). The SMILES string of the molecule is Cc1ccoc1CNC(C)CCc1ccc(O)cc1. The van der Waals surface area contributed by atoms with Gasteiger partial charge in [0.05, 0.1) is 12.8 Å². The number of aryl methyl sites for hydroxylation is 2. The van der Waals surface area contributed by atoms with Crippen LogP contribution in [-0.2, 0) is 13.0 Å². The minimum absolute atomic E-state index is 0.322. The maximum absolute atomic E-state index is 9.23. The number of hydrogen-bond donors (Lipinski definition) is 2. The van der Waals surface area contributed by atoms with Crippen LogP contribution in [0.4, 0.5) is 0 Å². The lowest BCUT2D eigenvalue weighted by molar-refractivity contribution is 0.441. The van der Waals surface area contributed by atoms with E-state index in [2.05, 4.69) is 19.2 Å². The Balaban J connectivity index is 1.74. The molecule has 0 radical (unpaired) electrons. The van der Waals surface area contributed by atoms with Crippen molar-refractivity contribution in [1.29, 1.82) is 0 Å². The highest BCUT2D eigenvalue weighted by molar-refractivity contribution is 5.25. The Morgan fingerprint density at radius 3 is 2.58 bits per heavy atom. The summed E-state index contributed by atoms with van der Waals surface area (Å²) in [7, 11) is 0. The topological polar surface area (TPSA) is 45.4 Å². The molecule has 19 heavy (non-hydrogen) atoms. The van der Waals surface area contributed by atoms with E-state index in [0.29, 0.717) is 11.8 Å². The zero-order chi connectivity index (χ0) is 13.7. The van der Waals surface area contributed by atoms with Gasteiger partial charge in [0.15, 0.2) is 0 Å². The van der Waals surface area contributed by atoms with Crippen molar-refractivity contribution in [1.82, 2.24) is 5.32 Å². The summed E-state index contributed by atoms with van der Waals surface area (Å²) in [6.07, 6.45) is 3.80. The number of hydrogen-bond acceptors (Lipinski definition) is 3. The normalized spacial score (nSPS) is 12.5. The second kappa shape index (κ2) is 6.43. The molecule has 1 heterocycles. The molecule has 0 saturated carbocycles. The number of aromatic hydroxyl groups is 1. The molecule has 0 saturated heterocycles. The van der Waals surface area contributed by atoms with Crippen molar-refractivity contribution in [2.24, 2.45) is 0 Å². The van der Waals surface area contributed by atoms with E-state index in [-0.39, 0.29) is 0 Å². The van der Waals surface area contributed by atoms with Gasteiger partial charge < -0.3 is 14.8 Å². The Morgan fingerprint density at radius 1 is 1.21 bits per heavy atom. The smallest absolute Gasteiger partial charge is 0.120 e. The number of benzene rings is 1. The third kappa shape index (κ3) is 4.14. The molecule has 0 aliphatic carbocycles. The third-order valence-corrected chi connectivity index (χ3v) is 3.38. The van der Waals surface area contributed by atoms with Crippen LogP contribution in [0.5, 0.6) is 5.75 Å². The van der Waals surface area contributed by atoms with Crippen molar-refractivity contribution < 1.29 is 9.52 Å². The van der Waals surface area contributed by atoms with Crippen LogP contribution < -0.4 is 5.32 Å². The van der Waals surface area contributed by atoms with Crippen LogP contribution in [0.25, 0.3) is 0 Å². The minimum Gasteiger partial charge on any atom is -0.508 e. The van der Waals surface area contributed by atoms with Crippen LogP contribution >= 0.6 is 0 Å². The van der Waals surface area contributed by atoms with E-state index < -0.39 is 0 Å². The maximum atomic E-state index is 9.23. The average molecular weight is 259 g/mol. The van der Waals surface area contributed by atoms with Gasteiger partial charge in [0, 0.05) is 6.04 Å². The Kier molecular flexibility index (Phi) is 4.63. The van der Waals surface area contributed by atoms with Gasteiger partial charge in [0.1, 0.15) is 11.5 Å². The fourth-order valence-corrected chi connectivity index (χ4v) is 2.00. The van der Waals surface area contributed by atoms with Gasteiger partial charge in [-0.25, -0.2) is 0 Å². The Morgan fingerprint density at radius 2 is 1.95 bits per heavy atom. The van der Waals surface area contributed by atoms with Gasteiger partial charge in [-0.1, -0.05) is 12.1 Å². The molecule has 2 N–H and O–H groups in total. The van der Waals surface area contributed by atoms with Crippen LogP contribution in [0.3, 0.4) is 0 Å². The van der Waals surface area contributed by atoms with Gasteiger partial charge in [0.25, 0.3) is 0 Å². The summed E-state index contributed by atoms with van der Waals surface area (Å²) in [6.45, 7) is 5.01. The van der Waals surface area contributed by atoms with E-state index in [1.54, 1.807) is 18.4 Å². The number of phenols is 1. The van der Waals surface area contributed by atoms with Gasteiger partial charge in [0.2, 0.25) is 0 Å². The molecule has 3 heteroatoms. The first-order valence-corrected chi connectivity index (χ1v) is 6.69. The Hall–Kier alpha value is -1.74. The van der Waals surface area contributed by atoms with E-state index in [1.165, 1.54) is 11.1 Å². The van der Waals surface area contributed by atoms with Gasteiger partial charge in [-0.15, -0.1) is 0 Å². The summed E-state index contributed by atoms with van der Waals surface area (Å²) in [5.74, 6) is 1.33. The predicted molar refractivity (Wildman–Crippen MR) is 76.2 cm³/mol. The molecular weight excluding hydrogens is 238 g/mol. The van der Waals surface area contributed by atoms with Crippen LogP contribution in [0, 0.1) is 6.92 Å². The fraction of sp³-hybridized carbons (Fsp3) is 0.375. The number of furan rings is 1. The van der Waals surface area contributed by atoms with Gasteiger partial charge >= 0.3 is 0 Å². The number of nitrogens with one attached hydrogen (secondary N) is 1. The molecule has 0 aliphatic heterocycles. The molecule has 2 aromatic rings. The highest BCUT2D eigenvalue weighted by Gasteiger charge is 2.06. The first-order chi connectivity index (χ1) is 9.15. The Bertz CT molecular complexity index is 502. The lowest BCUT2D eigenvalue weighted by Crippen LogP contribution is -2.26. The molecule has 1 aromatic heterocycles. The van der Waals surface area contributed by atoms with E-state index in [9.17, 15) is 5.11 Å². The second-order valence-corrected chi connectivity index (χ2v) is 5.01. The van der Waals surface area contributed by atoms with Crippen LogP contribution in [0.1, 0.15) is 30.2 Å². The van der Waals surface area contributed by atoms with Crippen molar-refractivity contribution in [3.05, 3.63) is 53.5 Å². The van der Waals surface area contributed by atoms with Gasteiger partial charge in [-0.3, -0.25) is 0 Å². The average Bonchev–Trinajstić information content (AvgIpc) is 2.81. The molecule has 0 bridgehead atoms. The van der Waals surface area contributed by atoms with E-state index >= 15 is 0 Å². The summed E-state index contributed by atoms with van der Waals surface area (Å²) < 4.78 is 5.40. The molecule has 102 valence electrons. The molecule has 0 amide bonds. The maximum Gasteiger partial charge on any atom is 0.120 e. The van der Waals surface area contributed by atoms with E-state index in [4.69, 9.17) is 4.42 Å². The standard InChI is InChI=1S/C16H21NO2/c1-12-9-10-19-16(12)11-17-13(2)3-4-14-5-7-15(18)8-6-14/h5-10,13,17-18H,3-4,11H2,1-2H3. The summed E-state index contributed by atoms with van der Waals surface area (Å²) >= 11 is 0. The lowest BCUT2D eigenvalue weighted by atomic mass is 10.1. The van der Waals surface area contributed by atoms with Crippen molar-refractivity contribution in [3.63, 3.8) is 0 Å². The zero-order valence-corrected chi connectivity index (χ0v) is 11.5. The van der Waals surface area contributed by atoms with Gasteiger partial charge in [-0.05, 0) is 56.0 Å². The van der Waals surface area contributed by atoms with Crippen LogP contribution in [-0.4, -0.2) is 11.1 Å². The highest BCUT2D eigenvalue weighted by Crippen LogP contribution is 2.13. The molecular formula is C16H21NO2. The van der Waals surface area contributed by atoms with Crippen LogP contribution in [0.2, 0.25) is 0 Å². The molecule has 1 aromatic carbocycles. The van der Waals surface area contributed by atoms with Gasteiger partial charge in [-0.2, -0.15) is 0 Å². The minimum atomic E-state index is 0.322. The van der Waals surface area contributed by atoms with Crippen molar-refractivity contribution >= 4 is 0 Å². The fourth-order valence-electron chi connectivity index (χ4n) is 2.00. The molecule has 0 fully saturated rings. The van der Waals surface area contributed by atoms with E-state index in [1.807, 2.05) is 18.2 Å². The van der Waals surface area contributed by atoms with Crippen molar-refractivity contribution in [2.75, 3.05) is 0 Å². The van der Waals surface area contributed by atoms with Crippen molar-refractivity contribution in [3.8, 4) is 5.75 Å². The quantitative estimate of drug-likeness (QED) is 0.835. The monoisotopic (exact) mass is 259 g/mol. The first-order valence-electron chi connectivity index (χ1n) is 6.69. The first kappa shape index (κ1) is 13.7. The molecule has 1 unspecified atom stereocenters. The summed E-state index contributed by atoms with van der Waals surface area (Å²) in [4.78, 5) is 0. The van der Waals surface area contributed by atoms with E-state index in [0.717, 1.165) is 25.1 Å². The molecule has 0 spiro atoms. The summed E-state index contributed by atoms with van der Waals surface area (Å²) in [6, 6.07) is 9.83. The Labute approximate surface area is 114 Å². The molecule has 0 aliphatic rings.